The number of methoxy groups -OCH3 is 2. The number of carbonyl (C=O) groups excluding carboxylic acids is 1. The lowest BCUT2D eigenvalue weighted by Crippen LogP contribution is -2.50. The van der Waals surface area contributed by atoms with Crippen molar-refractivity contribution in [2.45, 2.75) is 96.9 Å². The van der Waals surface area contributed by atoms with Crippen molar-refractivity contribution in [1.29, 1.82) is 0 Å². The third kappa shape index (κ3) is 7.99. The minimum atomic E-state index is -2.10. The number of benzene rings is 1. The van der Waals surface area contributed by atoms with Gasteiger partial charge in [0, 0.05) is 5.69 Å². The number of ether oxygens (including phenoxy) is 2. The molecule has 5 nitrogen and oxygen atoms in total. The van der Waals surface area contributed by atoms with Gasteiger partial charge in [-0.05, 0) is 54.4 Å². The highest BCUT2D eigenvalue weighted by Crippen LogP contribution is 2.39. The van der Waals surface area contributed by atoms with Crippen molar-refractivity contribution in [3.05, 3.63) is 36.0 Å². The maximum Gasteiger partial charge on any atom is 0.313 e. The van der Waals surface area contributed by atoms with E-state index in [2.05, 4.69) is 84.8 Å². The molecule has 0 spiro atoms. The normalized spacial score (nSPS) is 16.1. The van der Waals surface area contributed by atoms with E-state index in [1.54, 1.807) is 7.11 Å². The third-order valence-corrected chi connectivity index (χ3v) is 17.2. The van der Waals surface area contributed by atoms with Gasteiger partial charge in [-0.3, -0.25) is 4.79 Å². The van der Waals surface area contributed by atoms with Crippen molar-refractivity contribution in [1.82, 2.24) is 0 Å². The summed E-state index contributed by atoms with van der Waals surface area (Å²) in [5, 5.41) is 3.82. The van der Waals surface area contributed by atoms with Crippen LogP contribution in [0, 0.1) is 5.92 Å². The quantitative estimate of drug-likeness (QED) is 0.266. The van der Waals surface area contributed by atoms with Crippen LogP contribution < -0.4 is 10.1 Å². The van der Waals surface area contributed by atoms with Gasteiger partial charge in [0.25, 0.3) is 0 Å². The van der Waals surface area contributed by atoms with Crippen LogP contribution in [-0.2, 0) is 14.0 Å². The molecule has 0 radical (unpaired) electrons. The molecule has 1 aromatic carbocycles. The zero-order valence-electron chi connectivity index (χ0n) is 23.8. The number of hydrogen-bond donors (Lipinski definition) is 1. The van der Waals surface area contributed by atoms with Crippen LogP contribution in [0.25, 0.3) is 0 Å². The summed E-state index contributed by atoms with van der Waals surface area (Å²) in [5.74, 6) is 0.0254. The third-order valence-electron chi connectivity index (χ3n) is 7.73. The van der Waals surface area contributed by atoms with Gasteiger partial charge >= 0.3 is 5.97 Å². The average Bonchev–Trinajstić information content (AvgIpc) is 2.70. The molecule has 1 aromatic rings. The Labute approximate surface area is 210 Å². The molecule has 0 amide bonds. The van der Waals surface area contributed by atoms with Crippen LogP contribution >= 0.6 is 0 Å². The molecule has 7 heteroatoms. The summed E-state index contributed by atoms with van der Waals surface area (Å²) < 4.78 is 17.3. The lowest BCUT2D eigenvalue weighted by Gasteiger charge is -2.41. The van der Waals surface area contributed by atoms with E-state index < -0.39 is 22.3 Å². The minimum Gasteiger partial charge on any atom is -0.497 e. The number of anilines is 1. The average molecular weight is 508 g/mol. The number of nitrogens with one attached hydrogen (secondary N) is 1. The summed E-state index contributed by atoms with van der Waals surface area (Å²) in [7, 11) is -0.716. The van der Waals surface area contributed by atoms with Gasteiger partial charge in [0.1, 0.15) is 11.7 Å². The van der Waals surface area contributed by atoms with Crippen LogP contribution in [0.3, 0.4) is 0 Å². The first kappa shape index (κ1) is 30.5. The van der Waals surface area contributed by atoms with Crippen molar-refractivity contribution in [3.63, 3.8) is 0 Å². The van der Waals surface area contributed by atoms with Crippen LogP contribution in [0.1, 0.15) is 48.5 Å². The second-order valence-corrected chi connectivity index (χ2v) is 22.4. The maximum absolute atomic E-state index is 13.2. The molecule has 0 aliphatic carbocycles. The summed E-state index contributed by atoms with van der Waals surface area (Å²) in [4.78, 5) is 13.2. The van der Waals surface area contributed by atoms with E-state index in [0.29, 0.717) is 0 Å². The molecule has 34 heavy (non-hydrogen) atoms. The number of rotatable bonds is 10. The standard InChI is InChI=1S/C27H49NO4Si2/c1-20(32-34(12,13)27(5,6)7)24(25(29)31-9)23(18-19-33(10,11)26(2,3)4)28-21-14-16-22(30-8)17-15-21/h14-20,23-24,28H,1-13H3/b19-18-/t20-,23-,24+/m0/s1. The molecule has 0 bridgehead atoms. The Morgan fingerprint density at radius 3 is 1.88 bits per heavy atom. The van der Waals surface area contributed by atoms with Gasteiger partial charge in [0.05, 0.1) is 34.4 Å². The van der Waals surface area contributed by atoms with E-state index in [9.17, 15) is 4.79 Å². The number of hydrogen-bond acceptors (Lipinski definition) is 5. The van der Waals surface area contributed by atoms with E-state index in [0.717, 1.165) is 11.4 Å². The van der Waals surface area contributed by atoms with Gasteiger partial charge in [0.2, 0.25) is 0 Å². The van der Waals surface area contributed by atoms with Crippen LogP contribution in [0.4, 0.5) is 5.69 Å². The molecule has 194 valence electrons. The SMILES string of the molecule is COC(=O)[C@@H]([C@H](/C=C\[Si](C)(C)C(C)(C)C)Nc1ccc(OC)cc1)[C@H](C)O[Si](C)(C)C(C)(C)C. The highest BCUT2D eigenvalue weighted by molar-refractivity contribution is 6.84. The van der Waals surface area contributed by atoms with Crippen molar-refractivity contribution >= 4 is 28.0 Å². The smallest absolute Gasteiger partial charge is 0.313 e. The van der Waals surface area contributed by atoms with Gasteiger partial charge in [-0.25, -0.2) is 0 Å². The molecule has 1 rings (SSSR count). The Morgan fingerprint density at radius 2 is 1.47 bits per heavy atom. The Kier molecular flexibility index (Phi) is 10.2. The second kappa shape index (κ2) is 11.4. The van der Waals surface area contributed by atoms with Gasteiger partial charge in [-0.15, -0.1) is 0 Å². The molecular formula is C27H49NO4Si2. The molecule has 0 saturated heterocycles. The van der Waals surface area contributed by atoms with Gasteiger partial charge < -0.3 is 19.2 Å². The summed E-state index contributed by atoms with van der Waals surface area (Å²) in [6, 6.07) is 7.49. The molecular weight excluding hydrogens is 458 g/mol. The summed E-state index contributed by atoms with van der Waals surface area (Å²) in [6.07, 6.45) is 1.86. The lowest BCUT2D eigenvalue weighted by atomic mass is 9.94. The fourth-order valence-electron chi connectivity index (χ4n) is 3.21. The van der Waals surface area contributed by atoms with Crippen molar-refractivity contribution in [2.24, 2.45) is 5.92 Å². The molecule has 0 saturated carbocycles. The molecule has 0 fully saturated rings. The van der Waals surface area contributed by atoms with Crippen LogP contribution in [-0.4, -0.2) is 48.7 Å². The van der Waals surface area contributed by atoms with E-state index >= 15 is 0 Å². The summed E-state index contributed by atoms with van der Waals surface area (Å²) >= 11 is 0. The molecule has 0 unspecified atom stereocenters. The van der Waals surface area contributed by atoms with E-state index in [1.165, 1.54) is 7.11 Å². The number of esters is 1. The van der Waals surface area contributed by atoms with Crippen LogP contribution in [0.15, 0.2) is 36.0 Å². The Hall–Kier alpha value is -1.58. The summed E-state index contributed by atoms with van der Waals surface area (Å²) in [6.45, 7) is 24.7. The predicted molar refractivity (Wildman–Crippen MR) is 150 cm³/mol. The Bertz CT molecular complexity index is 821. The molecule has 0 heterocycles. The zero-order chi connectivity index (χ0) is 26.5. The Balaban J connectivity index is 3.47. The predicted octanol–water partition coefficient (Wildman–Crippen LogP) is 7.28. The molecule has 0 aliphatic heterocycles. The zero-order valence-corrected chi connectivity index (χ0v) is 25.8. The molecule has 3 atom stereocenters. The van der Waals surface area contributed by atoms with Crippen LogP contribution in [0.5, 0.6) is 5.75 Å². The van der Waals surface area contributed by atoms with E-state index in [-0.39, 0.29) is 28.2 Å². The second-order valence-electron chi connectivity index (χ2n) is 12.4. The Morgan fingerprint density at radius 1 is 0.941 bits per heavy atom. The van der Waals surface area contributed by atoms with Crippen LogP contribution in [0.2, 0.25) is 36.3 Å². The fraction of sp³-hybridized carbons (Fsp3) is 0.667. The first-order valence-electron chi connectivity index (χ1n) is 12.2. The highest BCUT2D eigenvalue weighted by Gasteiger charge is 2.43. The fourth-order valence-corrected chi connectivity index (χ4v) is 5.83. The first-order chi connectivity index (χ1) is 15.4. The monoisotopic (exact) mass is 507 g/mol. The number of carbonyl (C=O) groups is 1. The molecule has 1 N–H and O–H groups in total. The van der Waals surface area contributed by atoms with Gasteiger partial charge in [-0.2, -0.15) is 0 Å². The van der Waals surface area contributed by atoms with Gasteiger partial charge in [-0.1, -0.05) is 66.4 Å². The highest BCUT2D eigenvalue weighted by atomic mass is 28.4. The first-order valence-corrected chi connectivity index (χ1v) is 18.2. The largest absolute Gasteiger partial charge is 0.497 e. The van der Waals surface area contributed by atoms with E-state index in [1.807, 2.05) is 31.2 Å². The molecule has 0 aromatic heterocycles. The van der Waals surface area contributed by atoms with Gasteiger partial charge in [0.15, 0.2) is 8.32 Å². The molecule has 0 aliphatic rings. The van der Waals surface area contributed by atoms with Crippen molar-refractivity contribution in [2.75, 3.05) is 19.5 Å². The summed E-state index contributed by atoms with van der Waals surface area (Å²) in [5.41, 5.74) is 3.27. The maximum atomic E-state index is 13.2. The minimum absolute atomic E-state index is 0.0395. The topological polar surface area (TPSA) is 56.8 Å². The van der Waals surface area contributed by atoms with E-state index in [4.69, 9.17) is 13.9 Å². The van der Waals surface area contributed by atoms with Crippen molar-refractivity contribution < 1.29 is 18.7 Å². The lowest BCUT2D eigenvalue weighted by molar-refractivity contribution is -0.148. The van der Waals surface area contributed by atoms with Crippen molar-refractivity contribution in [3.8, 4) is 5.75 Å².